The second-order valence-electron chi connectivity index (χ2n) is 5.26. The van der Waals surface area contributed by atoms with Gasteiger partial charge in [0, 0.05) is 12.6 Å². The van der Waals surface area contributed by atoms with E-state index in [0.717, 1.165) is 19.4 Å². The first-order chi connectivity index (χ1) is 8.08. The summed E-state index contributed by atoms with van der Waals surface area (Å²) in [6, 6.07) is -0.0293. The van der Waals surface area contributed by atoms with Gasteiger partial charge in [0.2, 0.25) is 5.91 Å². The Balaban J connectivity index is 2.41. The van der Waals surface area contributed by atoms with E-state index < -0.39 is 0 Å². The van der Waals surface area contributed by atoms with Crippen molar-refractivity contribution in [2.24, 2.45) is 11.8 Å². The van der Waals surface area contributed by atoms with Gasteiger partial charge in [-0.2, -0.15) is 0 Å². The third-order valence-corrected chi connectivity index (χ3v) is 3.92. The van der Waals surface area contributed by atoms with E-state index in [1.54, 1.807) is 0 Å². The Morgan fingerprint density at radius 2 is 2.24 bits per heavy atom. The maximum Gasteiger partial charge on any atom is 0.237 e. The molecule has 1 amide bonds. The van der Waals surface area contributed by atoms with Crippen LogP contribution in [0.1, 0.15) is 40.0 Å². The Morgan fingerprint density at radius 1 is 1.53 bits per heavy atom. The number of hydrogen-bond donors (Lipinski definition) is 3. The van der Waals surface area contributed by atoms with Crippen LogP contribution in [0.5, 0.6) is 0 Å². The van der Waals surface area contributed by atoms with Gasteiger partial charge >= 0.3 is 0 Å². The zero-order chi connectivity index (χ0) is 12.8. The molecular weight excluding hydrogens is 216 g/mol. The largest absolute Gasteiger partial charge is 0.396 e. The topological polar surface area (TPSA) is 61.4 Å². The van der Waals surface area contributed by atoms with Crippen molar-refractivity contribution in [2.45, 2.75) is 52.1 Å². The molecular formula is C13H26N2O2. The highest BCUT2D eigenvalue weighted by Gasteiger charge is 2.27. The van der Waals surface area contributed by atoms with Crippen LogP contribution in [0.2, 0.25) is 0 Å². The summed E-state index contributed by atoms with van der Waals surface area (Å²) in [5.74, 6) is 0.845. The third kappa shape index (κ3) is 4.28. The summed E-state index contributed by atoms with van der Waals surface area (Å²) in [4.78, 5) is 12.0. The number of nitrogens with one attached hydrogen (secondary N) is 2. The van der Waals surface area contributed by atoms with Crippen LogP contribution in [0, 0.1) is 11.8 Å². The molecule has 0 aromatic rings. The minimum absolute atomic E-state index is 0.0244. The zero-order valence-electron chi connectivity index (χ0n) is 11.2. The summed E-state index contributed by atoms with van der Waals surface area (Å²) in [6.45, 7) is 7.10. The van der Waals surface area contributed by atoms with Crippen molar-refractivity contribution in [3.05, 3.63) is 0 Å². The summed E-state index contributed by atoms with van der Waals surface area (Å²) < 4.78 is 0. The molecule has 100 valence electrons. The Labute approximate surface area is 104 Å². The SMILES string of the molecule is CCC1CCNC(C(=O)NC(C)C(C)CO)C1. The summed E-state index contributed by atoms with van der Waals surface area (Å²) >= 11 is 0. The van der Waals surface area contributed by atoms with E-state index in [1.807, 2.05) is 13.8 Å². The summed E-state index contributed by atoms with van der Waals surface area (Å²) in [6.07, 6.45) is 3.25. The van der Waals surface area contributed by atoms with Gasteiger partial charge in [0.15, 0.2) is 0 Å². The van der Waals surface area contributed by atoms with Gasteiger partial charge in [-0.05, 0) is 38.1 Å². The molecule has 1 rings (SSSR count). The molecule has 17 heavy (non-hydrogen) atoms. The summed E-state index contributed by atoms with van der Waals surface area (Å²) in [7, 11) is 0. The number of piperidine rings is 1. The minimum atomic E-state index is -0.0537. The van der Waals surface area contributed by atoms with E-state index in [4.69, 9.17) is 5.11 Å². The van der Waals surface area contributed by atoms with Gasteiger partial charge in [-0.3, -0.25) is 4.79 Å². The highest BCUT2D eigenvalue weighted by molar-refractivity contribution is 5.82. The molecule has 0 aliphatic carbocycles. The molecule has 3 N–H and O–H groups in total. The summed E-state index contributed by atoms with van der Waals surface area (Å²) in [5, 5.41) is 15.3. The first-order valence-corrected chi connectivity index (χ1v) is 6.73. The van der Waals surface area contributed by atoms with E-state index in [9.17, 15) is 4.79 Å². The number of rotatable bonds is 5. The molecule has 0 spiro atoms. The number of carbonyl (C=O) groups is 1. The predicted molar refractivity (Wildman–Crippen MR) is 68.7 cm³/mol. The van der Waals surface area contributed by atoms with Crippen LogP contribution in [-0.4, -0.2) is 36.2 Å². The molecule has 1 aliphatic heterocycles. The monoisotopic (exact) mass is 242 g/mol. The van der Waals surface area contributed by atoms with Crippen molar-refractivity contribution in [3.63, 3.8) is 0 Å². The highest BCUT2D eigenvalue weighted by atomic mass is 16.3. The first kappa shape index (κ1) is 14.5. The molecule has 4 unspecified atom stereocenters. The van der Waals surface area contributed by atoms with Crippen molar-refractivity contribution in [1.29, 1.82) is 0 Å². The maximum absolute atomic E-state index is 12.0. The van der Waals surface area contributed by atoms with Gasteiger partial charge in [-0.25, -0.2) is 0 Å². The summed E-state index contributed by atoms with van der Waals surface area (Å²) in [5.41, 5.74) is 0. The molecule has 0 aromatic carbocycles. The van der Waals surface area contributed by atoms with Crippen molar-refractivity contribution >= 4 is 5.91 Å². The van der Waals surface area contributed by atoms with Crippen molar-refractivity contribution in [1.82, 2.24) is 10.6 Å². The average Bonchev–Trinajstić information content (AvgIpc) is 2.37. The lowest BCUT2D eigenvalue weighted by Gasteiger charge is -2.30. The molecule has 0 radical (unpaired) electrons. The molecule has 4 heteroatoms. The van der Waals surface area contributed by atoms with Crippen LogP contribution in [0.3, 0.4) is 0 Å². The van der Waals surface area contributed by atoms with Crippen molar-refractivity contribution in [3.8, 4) is 0 Å². The van der Waals surface area contributed by atoms with Crippen LogP contribution >= 0.6 is 0 Å². The van der Waals surface area contributed by atoms with Gasteiger partial charge in [-0.1, -0.05) is 20.3 Å². The van der Waals surface area contributed by atoms with Gasteiger partial charge in [0.25, 0.3) is 0 Å². The number of carbonyl (C=O) groups excluding carboxylic acids is 1. The molecule has 4 atom stereocenters. The molecule has 0 saturated carbocycles. The van der Waals surface area contributed by atoms with Gasteiger partial charge in [-0.15, -0.1) is 0 Å². The van der Waals surface area contributed by atoms with Crippen LogP contribution in [0.4, 0.5) is 0 Å². The van der Waals surface area contributed by atoms with Crippen LogP contribution in [0.15, 0.2) is 0 Å². The normalized spacial score (nSPS) is 28.5. The lowest BCUT2D eigenvalue weighted by molar-refractivity contribution is -0.125. The van der Waals surface area contributed by atoms with E-state index in [2.05, 4.69) is 17.6 Å². The smallest absolute Gasteiger partial charge is 0.237 e. The lowest BCUT2D eigenvalue weighted by atomic mass is 9.90. The number of aliphatic hydroxyl groups is 1. The van der Waals surface area contributed by atoms with E-state index in [1.165, 1.54) is 6.42 Å². The second-order valence-corrected chi connectivity index (χ2v) is 5.26. The molecule has 1 aliphatic rings. The van der Waals surface area contributed by atoms with Crippen LogP contribution in [0.25, 0.3) is 0 Å². The van der Waals surface area contributed by atoms with Crippen LogP contribution in [-0.2, 0) is 4.79 Å². The lowest BCUT2D eigenvalue weighted by Crippen LogP contribution is -2.52. The fourth-order valence-corrected chi connectivity index (χ4v) is 2.19. The second kappa shape index (κ2) is 6.97. The fraction of sp³-hybridized carbons (Fsp3) is 0.923. The van der Waals surface area contributed by atoms with Gasteiger partial charge in [0.05, 0.1) is 6.04 Å². The predicted octanol–water partition coefficient (Wildman–Crippen LogP) is 0.898. The third-order valence-electron chi connectivity index (χ3n) is 3.92. The number of amides is 1. The molecule has 0 aromatic heterocycles. The van der Waals surface area contributed by atoms with Crippen LogP contribution < -0.4 is 10.6 Å². The molecule has 0 bridgehead atoms. The molecule has 4 nitrogen and oxygen atoms in total. The molecule has 1 saturated heterocycles. The van der Waals surface area contributed by atoms with Gasteiger partial charge < -0.3 is 15.7 Å². The van der Waals surface area contributed by atoms with Crippen molar-refractivity contribution < 1.29 is 9.90 Å². The minimum Gasteiger partial charge on any atom is -0.396 e. The quantitative estimate of drug-likeness (QED) is 0.671. The first-order valence-electron chi connectivity index (χ1n) is 6.73. The van der Waals surface area contributed by atoms with E-state index >= 15 is 0 Å². The van der Waals surface area contributed by atoms with E-state index in [-0.39, 0.29) is 30.5 Å². The molecule has 1 fully saturated rings. The van der Waals surface area contributed by atoms with E-state index in [0.29, 0.717) is 5.92 Å². The zero-order valence-corrected chi connectivity index (χ0v) is 11.2. The highest BCUT2D eigenvalue weighted by Crippen LogP contribution is 2.19. The number of aliphatic hydroxyl groups excluding tert-OH is 1. The standard InChI is InChI=1S/C13H26N2O2/c1-4-11-5-6-14-12(7-11)13(17)15-10(3)9(2)8-16/h9-12,14,16H,4-8H2,1-3H3,(H,15,17). The average molecular weight is 242 g/mol. The number of hydrogen-bond acceptors (Lipinski definition) is 3. The Bertz CT molecular complexity index is 246. The Kier molecular flexibility index (Phi) is 5.92. The Hall–Kier alpha value is -0.610. The fourth-order valence-electron chi connectivity index (χ4n) is 2.19. The Morgan fingerprint density at radius 3 is 2.82 bits per heavy atom. The van der Waals surface area contributed by atoms with Crippen molar-refractivity contribution in [2.75, 3.05) is 13.2 Å². The molecule has 1 heterocycles. The maximum atomic E-state index is 12.0. The van der Waals surface area contributed by atoms with Gasteiger partial charge in [0.1, 0.15) is 0 Å².